The zero-order valence-corrected chi connectivity index (χ0v) is 13.4. The molecule has 0 saturated heterocycles. The Bertz CT molecular complexity index is 357. The third-order valence-electron chi connectivity index (χ3n) is 3.72. The summed E-state index contributed by atoms with van der Waals surface area (Å²) < 4.78 is 10.7. The van der Waals surface area contributed by atoms with Crippen LogP contribution in [0.2, 0.25) is 0 Å². The number of benzene rings is 1. The highest BCUT2D eigenvalue weighted by Crippen LogP contribution is 2.28. The first-order valence-corrected chi connectivity index (χ1v) is 7.65. The lowest BCUT2D eigenvalue weighted by Crippen LogP contribution is -2.16. The van der Waals surface area contributed by atoms with Crippen LogP contribution in [-0.4, -0.2) is 21.3 Å². The van der Waals surface area contributed by atoms with E-state index in [0.29, 0.717) is 6.04 Å². The van der Waals surface area contributed by atoms with Crippen molar-refractivity contribution in [3.63, 3.8) is 0 Å². The molecule has 0 spiro atoms. The van der Waals surface area contributed by atoms with E-state index >= 15 is 0 Å². The maximum atomic E-state index is 5.34. The highest BCUT2D eigenvalue weighted by molar-refractivity contribution is 5.39. The van der Waals surface area contributed by atoms with Crippen LogP contribution in [0.25, 0.3) is 0 Å². The maximum absolute atomic E-state index is 5.34. The van der Waals surface area contributed by atoms with Crippen molar-refractivity contribution >= 4 is 0 Å². The molecule has 1 unspecified atom stereocenters. The molecule has 0 aliphatic carbocycles. The van der Waals surface area contributed by atoms with Gasteiger partial charge < -0.3 is 14.8 Å². The van der Waals surface area contributed by atoms with Crippen molar-refractivity contribution in [3.05, 3.63) is 23.8 Å². The van der Waals surface area contributed by atoms with Gasteiger partial charge >= 0.3 is 0 Å². The second kappa shape index (κ2) is 9.65. The van der Waals surface area contributed by atoms with Gasteiger partial charge in [0.1, 0.15) is 11.5 Å². The lowest BCUT2D eigenvalue weighted by Gasteiger charge is -2.18. The third-order valence-corrected chi connectivity index (χ3v) is 3.72. The smallest absolute Gasteiger partial charge is 0.122 e. The van der Waals surface area contributed by atoms with Crippen LogP contribution in [0.1, 0.15) is 57.1 Å². The summed E-state index contributed by atoms with van der Waals surface area (Å²) in [5.41, 5.74) is 1.24. The highest BCUT2D eigenvalue weighted by atomic mass is 16.5. The molecular formula is C17H29NO2. The predicted molar refractivity (Wildman–Crippen MR) is 84.7 cm³/mol. The number of rotatable bonds is 10. The Balaban J connectivity index is 2.63. The standard InChI is InChI=1S/C17H29NO2/c1-5-6-7-8-9-10-17(18-2)14-11-15(19-3)13-16(12-14)20-4/h11-13,17-18H,5-10H2,1-4H3. The zero-order valence-electron chi connectivity index (χ0n) is 13.4. The summed E-state index contributed by atoms with van der Waals surface area (Å²) in [4.78, 5) is 0. The molecule has 0 radical (unpaired) electrons. The summed E-state index contributed by atoms with van der Waals surface area (Å²) in [7, 11) is 5.40. The molecule has 0 heterocycles. The molecule has 0 amide bonds. The molecule has 1 N–H and O–H groups in total. The first kappa shape index (κ1) is 16.8. The topological polar surface area (TPSA) is 30.5 Å². The van der Waals surface area contributed by atoms with Gasteiger partial charge in [-0.1, -0.05) is 39.0 Å². The van der Waals surface area contributed by atoms with E-state index in [0.717, 1.165) is 17.9 Å². The fourth-order valence-corrected chi connectivity index (χ4v) is 2.46. The van der Waals surface area contributed by atoms with Gasteiger partial charge in [0.25, 0.3) is 0 Å². The van der Waals surface area contributed by atoms with Crippen LogP contribution in [0.5, 0.6) is 11.5 Å². The molecule has 3 heteroatoms. The second-order valence-electron chi connectivity index (χ2n) is 5.19. The minimum atomic E-state index is 0.362. The summed E-state index contributed by atoms with van der Waals surface area (Å²) >= 11 is 0. The van der Waals surface area contributed by atoms with Gasteiger partial charge in [-0.05, 0) is 31.2 Å². The first-order chi connectivity index (χ1) is 9.74. The van der Waals surface area contributed by atoms with Crippen LogP contribution in [0.15, 0.2) is 18.2 Å². The molecule has 0 bridgehead atoms. The minimum absolute atomic E-state index is 0.362. The van der Waals surface area contributed by atoms with Gasteiger partial charge in [-0.25, -0.2) is 0 Å². The monoisotopic (exact) mass is 279 g/mol. The van der Waals surface area contributed by atoms with Crippen LogP contribution in [0, 0.1) is 0 Å². The molecule has 0 aromatic heterocycles. The predicted octanol–water partition coefficient (Wildman–Crippen LogP) is 4.32. The first-order valence-electron chi connectivity index (χ1n) is 7.65. The van der Waals surface area contributed by atoms with Gasteiger partial charge in [0.05, 0.1) is 14.2 Å². The van der Waals surface area contributed by atoms with Crippen LogP contribution in [0.3, 0.4) is 0 Å². The maximum Gasteiger partial charge on any atom is 0.122 e. The van der Waals surface area contributed by atoms with Gasteiger partial charge in [0.15, 0.2) is 0 Å². The molecule has 1 rings (SSSR count). The zero-order chi connectivity index (χ0) is 14.8. The Morgan fingerprint density at radius 1 is 0.950 bits per heavy atom. The number of unbranched alkanes of at least 4 members (excludes halogenated alkanes) is 4. The van der Waals surface area contributed by atoms with E-state index in [1.807, 2.05) is 13.1 Å². The van der Waals surface area contributed by atoms with Gasteiger partial charge in [-0.3, -0.25) is 0 Å². The molecular weight excluding hydrogens is 250 g/mol. The van der Waals surface area contributed by atoms with Gasteiger partial charge in [0.2, 0.25) is 0 Å². The summed E-state index contributed by atoms with van der Waals surface area (Å²) in [6.07, 6.45) is 7.70. The molecule has 0 saturated carbocycles. The minimum Gasteiger partial charge on any atom is -0.497 e. The van der Waals surface area contributed by atoms with Crippen molar-refractivity contribution < 1.29 is 9.47 Å². The van der Waals surface area contributed by atoms with Crippen LogP contribution in [-0.2, 0) is 0 Å². The molecule has 1 atom stereocenters. The van der Waals surface area contributed by atoms with Crippen molar-refractivity contribution in [2.45, 2.75) is 51.5 Å². The van der Waals surface area contributed by atoms with Gasteiger partial charge in [-0.2, -0.15) is 0 Å². The molecule has 20 heavy (non-hydrogen) atoms. The summed E-state index contributed by atoms with van der Waals surface area (Å²) in [5.74, 6) is 1.70. The van der Waals surface area contributed by atoms with Gasteiger partial charge in [0, 0.05) is 12.1 Å². The molecule has 1 aromatic rings. The van der Waals surface area contributed by atoms with Crippen molar-refractivity contribution in [2.75, 3.05) is 21.3 Å². The molecule has 1 aromatic carbocycles. The van der Waals surface area contributed by atoms with E-state index in [1.54, 1.807) is 14.2 Å². The Kier molecular flexibility index (Phi) is 8.12. The van der Waals surface area contributed by atoms with Crippen molar-refractivity contribution in [2.24, 2.45) is 0 Å². The van der Waals surface area contributed by atoms with Crippen molar-refractivity contribution in [3.8, 4) is 11.5 Å². The van der Waals surface area contributed by atoms with E-state index < -0.39 is 0 Å². The molecule has 0 fully saturated rings. The Morgan fingerprint density at radius 3 is 2.05 bits per heavy atom. The van der Waals surface area contributed by atoms with Crippen LogP contribution < -0.4 is 14.8 Å². The largest absolute Gasteiger partial charge is 0.497 e. The van der Waals surface area contributed by atoms with E-state index in [9.17, 15) is 0 Å². The average molecular weight is 279 g/mol. The van der Waals surface area contributed by atoms with Crippen molar-refractivity contribution in [1.29, 1.82) is 0 Å². The number of nitrogens with one attached hydrogen (secondary N) is 1. The average Bonchev–Trinajstić information content (AvgIpc) is 2.50. The lowest BCUT2D eigenvalue weighted by molar-refractivity contribution is 0.391. The quantitative estimate of drug-likeness (QED) is 0.647. The SMILES string of the molecule is CCCCCCCC(NC)c1cc(OC)cc(OC)c1. The number of hydrogen-bond donors (Lipinski definition) is 1. The summed E-state index contributed by atoms with van der Waals surface area (Å²) in [6.45, 7) is 2.25. The second-order valence-corrected chi connectivity index (χ2v) is 5.19. The molecule has 3 nitrogen and oxygen atoms in total. The van der Waals surface area contributed by atoms with E-state index in [4.69, 9.17) is 9.47 Å². The Hall–Kier alpha value is -1.22. The molecule has 0 aliphatic rings. The number of hydrogen-bond acceptors (Lipinski definition) is 3. The number of ether oxygens (including phenoxy) is 2. The number of methoxy groups -OCH3 is 2. The fraction of sp³-hybridized carbons (Fsp3) is 0.647. The summed E-state index contributed by atoms with van der Waals surface area (Å²) in [6, 6.07) is 6.46. The fourth-order valence-electron chi connectivity index (χ4n) is 2.46. The van der Waals surface area contributed by atoms with E-state index in [1.165, 1.54) is 37.7 Å². The van der Waals surface area contributed by atoms with Crippen LogP contribution >= 0.6 is 0 Å². The van der Waals surface area contributed by atoms with E-state index in [-0.39, 0.29) is 0 Å². The highest BCUT2D eigenvalue weighted by Gasteiger charge is 2.12. The third kappa shape index (κ3) is 5.41. The van der Waals surface area contributed by atoms with E-state index in [2.05, 4.69) is 24.4 Å². The molecule has 114 valence electrons. The van der Waals surface area contributed by atoms with Crippen LogP contribution in [0.4, 0.5) is 0 Å². The normalized spacial score (nSPS) is 12.2. The Labute approximate surface area is 123 Å². The van der Waals surface area contributed by atoms with Gasteiger partial charge in [-0.15, -0.1) is 0 Å². The Morgan fingerprint density at radius 2 is 1.55 bits per heavy atom. The van der Waals surface area contributed by atoms with Crippen molar-refractivity contribution in [1.82, 2.24) is 5.32 Å². The molecule has 0 aliphatic heterocycles. The lowest BCUT2D eigenvalue weighted by atomic mass is 9.99. The summed E-state index contributed by atoms with van der Waals surface area (Å²) in [5, 5.41) is 3.40.